The van der Waals surface area contributed by atoms with E-state index in [4.69, 9.17) is 0 Å². The Morgan fingerprint density at radius 1 is 1.53 bits per heavy atom. The summed E-state index contributed by atoms with van der Waals surface area (Å²) in [5.74, 6) is 1.10. The van der Waals surface area contributed by atoms with Gasteiger partial charge in [0.2, 0.25) is 0 Å². The fourth-order valence-electron chi connectivity index (χ4n) is 1.65. The summed E-state index contributed by atoms with van der Waals surface area (Å²) in [6.07, 6.45) is 1.61. The minimum absolute atomic E-state index is 0.00457. The first-order chi connectivity index (χ1) is 8.11. The molecule has 17 heavy (non-hydrogen) atoms. The minimum Gasteiger partial charge on any atom is -0.298 e. The van der Waals surface area contributed by atoms with Gasteiger partial charge in [0.05, 0.1) is 17.2 Å². The van der Waals surface area contributed by atoms with Gasteiger partial charge in [-0.25, -0.2) is 4.98 Å². The monoisotopic (exact) mass is 312 g/mol. The van der Waals surface area contributed by atoms with Crippen LogP contribution in [0.5, 0.6) is 0 Å². The van der Waals surface area contributed by atoms with E-state index >= 15 is 0 Å². The average Bonchev–Trinajstić information content (AvgIpc) is 2.33. The summed E-state index contributed by atoms with van der Waals surface area (Å²) in [6, 6.07) is 5.54. The van der Waals surface area contributed by atoms with Gasteiger partial charge in [-0.15, -0.1) is 0 Å². The summed E-state index contributed by atoms with van der Waals surface area (Å²) in [7, 11) is 0. The first kappa shape index (κ1) is 12.6. The zero-order chi connectivity index (χ0) is 12.4. The van der Waals surface area contributed by atoms with Crippen molar-refractivity contribution in [3.05, 3.63) is 39.4 Å². The number of thiol groups is 1. The third-order valence-corrected chi connectivity index (χ3v) is 3.72. The van der Waals surface area contributed by atoms with E-state index in [9.17, 15) is 4.79 Å². The highest BCUT2D eigenvalue weighted by atomic mass is 79.9. The molecule has 3 nitrogen and oxygen atoms in total. The summed E-state index contributed by atoms with van der Waals surface area (Å²) in [4.78, 5) is 16.5. The number of benzene rings is 1. The van der Waals surface area contributed by atoms with Crippen LogP contribution in [0, 0.1) is 5.92 Å². The van der Waals surface area contributed by atoms with Gasteiger partial charge in [-0.05, 0) is 29.9 Å². The molecule has 1 heterocycles. The highest BCUT2D eigenvalue weighted by Crippen LogP contribution is 2.15. The van der Waals surface area contributed by atoms with Gasteiger partial charge in [-0.2, -0.15) is 12.6 Å². The van der Waals surface area contributed by atoms with Gasteiger partial charge in [0.15, 0.2) is 0 Å². The van der Waals surface area contributed by atoms with Crippen molar-refractivity contribution in [2.75, 3.05) is 5.75 Å². The Kier molecular flexibility index (Phi) is 3.89. The van der Waals surface area contributed by atoms with Gasteiger partial charge in [0, 0.05) is 11.0 Å². The number of hydrogen-bond acceptors (Lipinski definition) is 3. The third-order valence-electron chi connectivity index (χ3n) is 2.61. The predicted molar refractivity (Wildman–Crippen MR) is 76.7 cm³/mol. The second-order valence-electron chi connectivity index (χ2n) is 4.15. The third kappa shape index (κ3) is 2.72. The SMILES string of the molecule is CC(CS)Cn1cnc2ccc(Br)cc2c1=O. The van der Waals surface area contributed by atoms with Crippen molar-refractivity contribution < 1.29 is 0 Å². The largest absolute Gasteiger partial charge is 0.298 e. The molecule has 0 saturated carbocycles. The van der Waals surface area contributed by atoms with E-state index in [0.717, 1.165) is 15.7 Å². The number of halogens is 1. The molecule has 1 aromatic carbocycles. The topological polar surface area (TPSA) is 34.9 Å². The molecule has 0 spiro atoms. The van der Waals surface area contributed by atoms with Crippen LogP contribution in [-0.4, -0.2) is 15.3 Å². The molecular formula is C12H13BrN2OS. The predicted octanol–water partition coefficient (Wildman–Crippen LogP) is 2.72. The second kappa shape index (κ2) is 5.23. The van der Waals surface area contributed by atoms with Crippen molar-refractivity contribution in [1.29, 1.82) is 0 Å². The molecule has 2 rings (SSSR count). The van der Waals surface area contributed by atoms with Crippen molar-refractivity contribution in [1.82, 2.24) is 9.55 Å². The second-order valence-corrected chi connectivity index (χ2v) is 5.43. The van der Waals surface area contributed by atoms with Crippen LogP contribution in [0.3, 0.4) is 0 Å². The fourth-order valence-corrected chi connectivity index (χ4v) is 2.13. The average molecular weight is 313 g/mol. The van der Waals surface area contributed by atoms with E-state index < -0.39 is 0 Å². The molecule has 0 N–H and O–H groups in total. The molecule has 1 unspecified atom stereocenters. The van der Waals surface area contributed by atoms with E-state index in [1.54, 1.807) is 10.9 Å². The van der Waals surface area contributed by atoms with Crippen LogP contribution in [0.15, 0.2) is 33.8 Å². The van der Waals surface area contributed by atoms with Crippen LogP contribution < -0.4 is 5.56 Å². The van der Waals surface area contributed by atoms with Crippen molar-refractivity contribution >= 4 is 39.5 Å². The number of fused-ring (bicyclic) bond motifs is 1. The zero-order valence-electron chi connectivity index (χ0n) is 9.43. The maximum absolute atomic E-state index is 12.2. The van der Waals surface area contributed by atoms with Gasteiger partial charge in [0.25, 0.3) is 5.56 Å². The Balaban J connectivity index is 2.53. The molecule has 0 bridgehead atoms. The highest BCUT2D eigenvalue weighted by Gasteiger charge is 2.07. The lowest BCUT2D eigenvalue weighted by molar-refractivity contribution is 0.516. The molecule has 2 aromatic rings. The van der Waals surface area contributed by atoms with Gasteiger partial charge in [-0.1, -0.05) is 22.9 Å². The lowest BCUT2D eigenvalue weighted by Gasteiger charge is -2.10. The quantitative estimate of drug-likeness (QED) is 0.884. The van der Waals surface area contributed by atoms with Crippen molar-refractivity contribution in [2.24, 2.45) is 5.92 Å². The van der Waals surface area contributed by atoms with Crippen LogP contribution in [0.2, 0.25) is 0 Å². The molecule has 0 aliphatic rings. The lowest BCUT2D eigenvalue weighted by Crippen LogP contribution is -2.24. The standard InChI is InChI=1S/C12H13BrN2OS/c1-8(6-17)5-15-7-14-11-3-2-9(13)4-10(11)12(15)16/h2-4,7-8,17H,5-6H2,1H3. The van der Waals surface area contributed by atoms with Gasteiger partial charge < -0.3 is 0 Å². The maximum Gasteiger partial charge on any atom is 0.261 e. The van der Waals surface area contributed by atoms with Crippen molar-refractivity contribution in [3.63, 3.8) is 0 Å². The number of rotatable bonds is 3. The minimum atomic E-state index is 0.00457. The van der Waals surface area contributed by atoms with E-state index in [0.29, 0.717) is 17.8 Å². The fraction of sp³-hybridized carbons (Fsp3) is 0.333. The lowest BCUT2D eigenvalue weighted by atomic mass is 10.2. The first-order valence-corrected chi connectivity index (χ1v) is 6.80. The molecule has 0 aliphatic heterocycles. The molecule has 5 heteroatoms. The van der Waals surface area contributed by atoms with Crippen molar-refractivity contribution in [2.45, 2.75) is 13.5 Å². The van der Waals surface area contributed by atoms with E-state index in [1.165, 1.54) is 0 Å². The summed E-state index contributed by atoms with van der Waals surface area (Å²) < 4.78 is 2.54. The molecule has 0 aliphatic carbocycles. The van der Waals surface area contributed by atoms with Gasteiger partial charge >= 0.3 is 0 Å². The van der Waals surface area contributed by atoms with E-state index in [2.05, 4.69) is 40.5 Å². The molecule has 0 radical (unpaired) electrons. The highest BCUT2D eigenvalue weighted by molar-refractivity contribution is 9.10. The van der Waals surface area contributed by atoms with E-state index in [1.807, 2.05) is 18.2 Å². The van der Waals surface area contributed by atoms with Crippen LogP contribution >= 0.6 is 28.6 Å². The molecule has 1 atom stereocenters. The zero-order valence-corrected chi connectivity index (χ0v) is 11.9. The first-order valence-electron chi connectivity index (χ1n) is 5.37. The van der Waals surface area contributed by atoms with Crippen LogP contribution in [-0.2, 0) is 6.54 Å². The van der Waals surface area contributed by atoms with Gasteiger partial charge in [-0.3, -0.25) is 9.36 Å². The molecular weight excluding hydrogens is 300 g/mol. The molecule has 90 valence electrons. The Morgan fingerprint density at radius 2 is 2.29 bits per heavy atom. The maximum atomic E-state index is 12.2. The van der Waals surface area contributed by atoms with Gasteiger partial charge in [0.1, 0.15) is 0 Å². The number of aromatic nitrogens is 2. The van der Waals surface area contributed by atoms with Crippen LogP contribution in [0.25, 0.3) is 10.9 Å². The Hall–Kier alpha value is -0.810. The summed E-state index contributed by atoms with van der Waals surface area (Å²) in [6.45, 7) is 2.71. The van der Waals surface area contributed by atoms with Crippen LogP contribution in [0.4, 0.5) is 0 Å². The Labute approximate surface area is 113 Å². The van der Waals surface area contributed by atoms with Crippen molar-refractivity contribution in [3.8, 4) is 0 Å². The summed E-state index contributed by atoms with van der Waals surface area (Å²) in [5, 5.41) is 0.647. The Bertz CT molecular complexity index is 597. The molecule has 0 amide bonds. The number of nitrogens with zero attached hydrogens (tertiary/aromatic N) is 2. The Morgan fingerprint density at radius 3 is 3.00 bits per heavy atom. The summed E-state index contributed by atoms with van der Waals surface area (Å²) in [5.41, 5.74) is 0.734. The summed E-state index contributed by atoms with van der Waals surface area (Å²) >= 11 is 7.59. The number of hydrogen-bond donors (Lipinski definition) is 1. The molecule has 0 saturated heterocycles. The molecule has 1 aromatic heterocycles. The molecule has 0 fully saturated rings. The van der Waals surface area contributed by atoms with E-state index in [-0.39, 0.29) is 5.56 Å². The smallest absolute Gasteiger partial charge is 0.261 e. The normalized spacial score (nSPS) is 12.9. The van der Waals surface area contributed by atoms with Crippen LogP contribution in [0.1, 0.15) is 6.92 Å².